The number of benzene rings is 2. The smallest absolute Gasteiger partial charge is 0.238 e. The van der Waals surface area contributed by atoms with Crippen molar-refractivity contribution >= 4 is 92.2 Å². The van der Waals surface area contributed by atoms with Gasteiger partial charge in [-0.1, -0.05) is 29.3 Å². The molecule has 2 unspecified atom stereocenters. The second kappa shape index (κ2) is 18.0. The summed E-state index contributed by atoms with van der Waals surface area (Å²) >= 11 is 17.8. The van der Waals surface area contributed by atoms with E-state index in [1.807, 2.05) is 71.4 Å². The molecular formula is C36H40Cl2N6O2S3. The quantitative estimate of drug-likeness (QED) is 0.141. The average molecular weight is 756 g/mol. The van der Waals surface area contributed by atoms with Gasteiger partial charge in [0.1, 0.15) is 5.82 Å². The highest BCUT2D eigenvalue weighted by Gasteiger charge is 2.38. The highest BCUT2D eigenvalue weighted by Crippen LogP contribution is 2.33. The number of rotatable bonds is 13. The summed E-state index contributed by atoms with van der Waals surface area (Å²) in [4.78, 5) is 42.2. The van der Waals surface area contributed by atoms with Crippen molar-refractivity contribution in [1.82, 2.24) is 20.6 Å². The number of aromatic nitrogens is 2. The average Bonchev–Trinajstić information content (AvgIpc) is 3.66. The highest BCUT2D eigenvalue weighted by molar-refractivity contribution is 7.99. The van der Waals surface area contributed by atoms with Gasteiger partial charge in [0.25, 0.3) is 0 Å². The van der Waals surface area contributed by atoms with Gasteiger partial charge in [-0.05, 0) is 109 Å². The topological polar surface area (TPSA) is 90.5 Å². The lowest BCUT2D eigenvalue weighted by atomic mass is 9.91. The summed E-state index contributed by atoms with van der Waals surface area (Å²) in [6.45, 7) is 0.412. The Morgan fingerprint density at radius 3 is 1.96 bits per heavy atom. The molecule has 2 amide bonds. The van der Waals surface area contributed by atoms with E-state index < -0.39 is 12.0 Å². The minimum Gasteiger partial charge on any atom is -0.313 e. The Morgan fingerprint density at radius 1 is 0.776 bits per heavy atom. The zero-order valence-electron chi connectivity index (χ0n) is 27.0. The van der Waals surface area contributed by atoms with Crippen molar-refractivity contribution in [3.05, 3.63) is 94.5 Å². The van der Waals surface area contributed by atoms with Crippen molar-refractivity contribution in [3.8, 4) is 0 Å². The Bertz CT molecular complexity index is 1620. The molecule has 4 heterocycles. The van der Waals surface area contributed by atoms with Crippen LogP contribution in [0.2, 0.25) is 10.0 Å². The van der Waals surface area contributed by atoms with E-state index in [9.17, 15) is 4.79 Å². The summed E-state index contributed by atoms with van der Waals surface area (Å²) < 4.78 is 0. The van der Waals surface area contributed by atoms with E-state index in [2.05, 4.69) is 20.6 Å². The van der Waals surface area contributed by atoms with Crippen LogP contribution in [0.15, 0.2) is 84.5 Å². The molecule has 0 radical (unpaired) electrons. The first-order valence-corrected chi connectivity index (χ1v) is 20.5. The summed E-state index contributed by atoms with van der Waals surface area (Å²) in [7, 11) is 0. The van der Waals surface area contributed by atoms with Gasteiger partial charge in [-0.15, -0.1) is 11.3 Å². The monoisotopic (exact) mass is 754 g/mol. The molecule has 2 fully saturated rings. The van der Waals surface area contributed by atoms with Gasteiger partial charge in [-0.3, -0.25) is 19.4 Å². The summed E-state index contributed by atoms with van der Waals surface area (Å²) in [5.41, 5.74) is 1.34. The second-order valence-electron chi connectivity index (χ2n) is 12.1. The number of thiazole rings is 1. The molecule has 258 valence electrons. The minimum absolute atomic E-state index is 0.0845. The number of anilines is 4. The summed E-state index contributed by atoms with van der Waals surface area (Å²) in [5, 5.41) is 11.2. The molecule has 6 rings (SSSR count). The van der Waals surface area contributed by atoms with Crippen molar-refractivity contribution in [2.24, 2.45) is 5.92 Å². The van der Waals surface area contributed by atoms with Crippen LogP contribution in [0.3, 0.4) is 0 Å². The van der Waals surface area contributed by atoms with Gasteiger partial charge in [-0.25, -0.2) is 9.97 Å². The van der Waals surface area contributed by atoms with Crippen LogP contribution in [0.25, 0.3) is 0 Å². The normalized spacial score (nSPS) is 16.9. The van der Waals surface area contributed by atoms with Crippen LogP contribution >= 0.6 is 58.1 Å². The Hall–Kier alpha value is -2.64. The highest BCUT2D eigenvalue weighted by atomic mass is 35.5. The standard InChI is InChI=1S/C36H40Cl2N6O2S3/c37-25-4-8-29(9-5-25)43(33-3-1-2-16-39-33)35(46)31(24-41-27-12-18-47-19-13-27)32(42-28-14-20-48-21-15-28)23-34(45)44(36-40-17-22-49-36)30-10-6-26(38)7-11-30/h1-11,16-17,22,27-28,31-32,41-42H,12-15,18-21,23-24H2. The third-order valence-corrected chi connectivity index (χ3v) is 12.2. The predicted molar refractivity (Wildman–Crippen MR) is 207 cm³/mol. The molecule has 0 bridgehead atoms. The molecular weight excluding hydrogens is 716 g/mol. The Balaban J connectivity index is 1.39. The third kappa shape index (κ3) is 9.78. The molecule has 2 aliphatic rings. The summed E-state index contributed by atoms with van der Waals surface area (Å²) in [6.07, 6.45) is 7.49. The number of nitrogens with zero attached hydrogens (tertiary/aromatic N) is 4. The number of pyridine rings is 1. The van der Waals surface area contributed by atoms with Gasteiger partial charge < -0.3 is 10.6 Å². The minimum atomic E-state index is -0.603. The van der Waals surface area contributed by atoms with Gasteiger partial charge in [0.15, 0.2) is 5.13 Å². The van der Waals surface area contributed by atoms with Gasteiger partial charge in [-0.2, -0.15) is 23.5 Å². The van der Waals surface area contributed by atoms with Crippen LogP contribution < -0.4 is 20.4 Å². The van der Waals surface area contributed by atoms with Crippen LogP contribution in [-0.4, -0.2) is 69.5 Å². The maximum Gasteiger partial charge on any atom is 0.238 e. The first-order valence-electron chi connectivity index (χ1n) is 16.6. The number of halogens is 2. The first kappa shape index (κ1) is 36.2. The summed E-state index contributed by atoms with van der Waals surface area (Å²) in [5.74, 6) is 3.87. The number of hydrogen-bond acceptors (Lipinski definition) is 9. The van der Waals surface area contributed by atoms with Crippen molar-refractivity contribution in [1.29, 1.82) is 0 Å². The largest absolute Gasteiger partial charge is 0.313 e. The van der Waals surface area contributed by atoms with E-state index in [1.165, 1.54) is 11.3 Å². The van der Waals surface area contributed by atoms with E-state index in [0.717, 1.165) is 48.7 Å². The lowest BCUT2D eigenvalue weighted by molar-refractivity contribution is -0.123. The SMILES string of the molecule is O=C(C(CNC1CCSCC1)C(CC(=O)N(c1ccc(Cl)cc1)c1nccs1)NC1CCSCC1)N(c1ccc(Cl)cc1)c1ccccn1. The maximum atomic E-state index is 15.2. The van der Waals surface area contributed by atoms with Gasteiger partial charge >= 0.3 is 0 Å². The molecule has 0 spiro atoms. The molecule has 2 aromatic carbocycles. The molecule has 2 N–H and O–H groups in total. The van der Waals surface area contributed by atoms with Crippen LogP contribution in [0.4, 0.5) is 22.3 Å². The predicted octanol–water partition coefficient (Wildman–Crippen LogP) is 8.22. The van der Waals surface area contributed by atoms with Crippen molar-refractivity contribution < 1.29 is 9.59 Å². The number of carbonyl (C=O) groups is 2. The molecule has 2 aromatic heterocycles. The van der Waals surface area contributed by atoms with Gasteiger partial charge in [0.2, 0.25) is 11.8 Å². The van der Waals surface area contributed by atoms with Gasteiger partial charge in [0.05, 0.1) is 17.3 Å². The molecule has 8 nitrogen and oxygen atoms in total. The molecule has 2 atom stereocenters. The molecule has 49 heavy (non-hydrogen) atoms. The second-order valence-corrected chi connectivity index (χ2v) is 16.3. The number of hydrogen-bond donors (Lipinski definition) is 2. The fraction of sp³-hybridized carbons (Fsp3) is 0.389. The van der Waals surface area contributed by atoms with E-state index in [4.69, 9.17) is 23.2 Å². The Kier molecular flexibility index (Phi) is 13.3. The molecule has 4 aromatic rings. The van der Waals surface area contributed by atoms with Crippen LogP contribution in [0.5, 0.6) is 0 Å². The van der Waals surface area contributed by atoms with E-state index in [1.54, 1.807) is 46.5 Å². The van der Waals surface area contributed by atoms with Crippen LogP contribution in [0, 0.1) is 5.92 Å². The first-order chi connectivity index (χ1) is 24.0. The van der Waals surface area contributed by atoms with Crippen LogP contribution in [-0.2, 0) is 9.59 Å². The van der Waals surface area contributed by atoms with Crippen molar-refractivity contribution in [2.45, 2.75) is 50.2 Å². The number of carbonyl (C=O) groups excluding carboxylic acids is 2. The van der Waals surface area contributed by atoms with Crippen LogP contribution in [0.1, 0.15) is 32.1 Å². The van der Waals surface area contributed by atoms with Crippen molar-refractivity contribution in [3.63, 3.8) is 0 Å². The van der Waals surface area contributed by atoms with Crippen molar-refractivity contribution in [2.75, 3.05) is 39.4 Å². The van der Waals surface area contributed by atoms with E-state index in [0.29, 0.717) is 45.0 Å². The Labute approximate surface area is 310 Å². The molecule has 2 aliphatic heterocycles. The molecule has 13 heteroatoms. The summed E-state index contributed by atoms with van der Waals surface area (Å²) in [6, 6.07) is 20.0. The number of thioether (sulfide) groups is 2. The lowest BCUT2D eigenvalue weighted by Gasteiger charge is -2.37. The zero-order chi connectivity index (χ0) is 34.0. The third-order valence-electron chi connectivity index (χ3n) is 8.84. The lowest BCUT2D eigenvalue weighted by Crippen LogP contribution is -2.55. The fourth-order valence-corrected chi connectivity index (χ4v) is 9.40. The van der Waals surface area contributed by atoms with E-state index >= 15 is 4.79 Å². The molecule has 2 saturated heterocycles. The Morgan fingerprint density at radius 2 is 1.39 bits per heavy atom. The zero-order valence-corrected chi connectivity index (χ0v) is 31.0. The number of nitrogens with one attached hydrogen (secondary N) is 2. The number of amides is 2. The molecule has 0 saturated carbocycles. The molecule has 0 aliphatic carbocycles. The fourth-order valence-electron chi connectivity index (χ4n) is 6.25. The van der Waals surface area contributed by atoms with Gasteiger partial charge in [0, 0.05) is 58.9 Å². The van der Waals surface area contributed by atoms with E-state index in [-0.39, 0.29) is 24.3 Å². The maximum absolute atomic E-state index is 15.2.